The van der Waals surface area contributed by atoms with E-state index in [0.717, 1.165) is 43.9 Å². The van der Waals surface area contributed by atoms with E-state index in [1.54, 1.807) is 12.7 Å². The Bertz CT molecular complexity index is 786. The highest BCUT2D eigenvalue weighted by Crippen LogP contribution is 2.32. The molecule has 7 heteroatoms. The Morgan fingerprint density at radius 1 is 1.17 bits per heavy atom. The van der Waals surface area contributed by atoms with Crippen molar-refractivity contribution in [3.63, 3.8) is 0 Å². The summed E-state index contributed by atoms with van der Waals surface area (Å²) in [5.74, 6) is 0.697. The van der Waals surface area contributed by atoms with Crippen molar-refractivity contribution in [2.45, 2.75) is 19.4 Å². The summed E-state index contributed by atoms with van der Waals surface area (Å²) in [5, 5.41) is 7.38. The van der Waals surface area contributed by atoms with Crippen molar-refractivity contribution in [3.05, 3.63) is 54.9 Å². The number of fused-ring (bicyclic) bond motifs is 1. The minimum Gasteiger partial charge on any atom is -0.354 e. The normalized spacial score (nSPS) is 13.1. The summed E-state index contributed by atoms with van der Waals surface area (Å²) in [5.41, 5.74) is 3.40. The van der Waals surface area contributed by atoms with Crippen LogP contribution in [0.1, 0.15) is 12.1 Å². The van der Waals surface area contributed by atoms with Gasteiger partial charge in [-0.1, -0.05) is 18.2 Å². The van der Waals surface area contributed by atoms with Crippen LogP contribution >= 0.6 is 0 Å². The Balaban J connectivity index is 1.38. The van der Waals surface area contributed by atoms with Gasteiger partial charge in [0.1, 0.15) is 12.7 Å². The third-order valence-corrected chi connectivity index (χ3v) is 4.09. The van der Waals surface area contributed by atoms with E-state index in [2.05, 4.69) is 54.5 Å². The van der Waals surface area contributed by atoms with Crippen molar-refractivity contribution >= 4 is 17.3 Å². The lowest BCUT2D eigenvalue weighted by molar-refractivity contribution is 0.589. The molecule has 3 heterocycles. The Morgan fingerprint density at radius 3 is 2.92 bits per heavy atom. The average Bonchev–Trinajstić information content (AvgIpc) is 3.29. The van der Waals surface area contributed by atoms with Crippen LogP contribution < -0.4 is 10.2 Å². The first-order chi connectivity index (χ1) is 11.9. The lowest BCUT2D eigenvalue weighted by atomic mass is 10.3. The van der Waals surface area contributed by atoms with Gasteiger partial charge in [0, 0.05) is 31.7 Å². The number of nitrogens with one attached hydrogen (secondary N) is 1. The smallest absolute Gasteiger partial charge is 0.222 e. The summed E-state index contributed by atoms with van der Waals surface area (Å²) in [7, 11) is 0. The lowest BCUT2D eigenvalue weighted by Gasteiger charge is -2.18. The van der Waals surface area contributed by atoms with Crippen LogP contribution in [-0.2, 0) is 13.0 Å². The summed E-state index contributed by atoms with van der Waals surface area (Å²) >= 11 is 0. The molecule has 1 aliphatic rings. The van der Waals surface area contributed by atoms with Gasteiger partial charge in [-0.2, -0.15) is 5.10 Å². The second kappa shape index (κ2) is 6.66. The van der Waals surface area contributed by atoms with Crippen molar-refractivity contribution in [2.75, 3.05) is 23.3 Å². The van der Waals surface area contributed by atoms with Crippen LogP contribution in [0.4, 0.5) is 17.3 Å². The van der Waals surface area contributed by atoms with Crippen molar-refractivity contribution < 1.29 is 0 Å². The van der Waals surface area contributed by atoms with Crippen LogP contribution in [0.5, 0.6) is 0 Å². The van der Waals surface area contributed by atoms with E-state index in [0.29, 0.717) is 5.95 Å². The number of hydrogen-bond donors (Lipinski definition) is 1. The van der Waals surface area contributed by atoms with E-state index >= 15 is 0 Å². The molecule has 0 saturated carbocycles. The monoisotopic (exact) mass is 321 g/mol. The maximum absolute atomic E-state index is 4.66. The van der Waals surface area contributed by atoms with Gasteiger partial charge >= 0.3 is 0 Å². The number of rotatable bonds is 6. The third kappa shape index (κ3) is 3.05. The number of nitrogens with zero attached hydrogens (tertiary/aromatic N) is 6. The molecule has 1 aromatic carbocycles. The number of anilines is 3. The number of hydrogen-bond acceptors (Lipinski definition) is 6. The first kappa shape index (κ1) is 14.6. The van der Waals surface area contributed by atoms with E-state index in [4.69, 9.17) is 0 Å². The largest absolute Gasteiger partial charge is 0.354 e. The van der Waals surface area contributed by atoms with Gasteiger partial charge in [-0.3, -0.25) is 4.68 Å². The molecule has 0 radical (unpaired) electrons. The number of para-hydroxylation sites is 1. The topological polar surface area (TPSA) is 71.8 Å². The number of aromatic nitrogens is 5. The standard InChI is InChI=1S/C17H19N7/c1-2-5-14(6-3-1)24-10-7-15-16(24)11-20-17(22-15)19-8-4-9-23-13-18-12-21-23/h1-3,5-6,11-13H,4,7-10H2,(H,19,20,22). The quantitative estimate of drug-likeness (QED) is 0.702. The third-order valence-electron chi connectivity index (χ3n) is 4.09. The zero-order valence-electron chi connectivity index (χ0n) is 13.3. The molecule has 0 amide bonds. The molecule has 1 aliphatic heterocycles. The number of benzene rings is 1. The summed E-state index contributed by atoms with van der Waals surface area (Å²) < 4.78 is 1.82. The molecule has 4 rings (SSSR count). The second-order valence-corrected chi connectivity index (χ2v) is 5.70. The molecule has 7 nitrogen and oxygen atoms in total. The predicted octanol–water partition coefficient (Wildman–Crippen LogP) is 2.26. The first-order valence-electron chi connectivity index (χ1n) is 8.15. The van der Waals surface area contributed by atoms with Gasteiger partial charge in [0.05, 0.1) is 17.6 Å². The Labute approximate surface area is 140 Å². The molecule has 0 fully saturated rings. The number of aryl methyl sites for hydroxylation is 1. The summed E-state index contributed by atoms with van der Waals surface area (Å²) in [6.45, 7) is 2.59. The van der Waals surface area contributed by atoms with E-state index in [1.165, 1.54) is 5.69 Å². The molecule has 24 heavy (non-hydrogen) atoms. The van der Waals surface area contributed by atoms with Crippen molar-refractivity contribution in [1.29, 1.82) is 0 Å². The molecule has 2 aromatic heterocycles. The molecule has 0 bridgehead atoms. The minimum absolute atomic E-state index is 0.697. The van der Waals surface area contributed by atoms with Crippen LogP contribution in [0.3, 0.4) is 0 Å². The second-order valence-electron chi connectivity index (χ2n) is 5.70. The first-order valence-corrected chi connectivity index (χ1v) is 8.15. The maximum atomic E-state index is 4.66. The van der Waals surface area contributed by atoms with Crippen LogP contribution in [0.2, 0.25) is 0 Å². The van der Waals surface area contributed by atoms with Crippen LogP contribution in [0.15, 0.2) is 49.2 Å². The summed E-state index contributed by atoms with van der Waals surface area (Å²) in [4.78, 5) is 15.3. The molecule has 0 spiro atoms. The highest BCUT2D eigenvalue weighted by atomic mass is 15.3. The van der Waals surface area contributed by atoms with E-state index in [1.807, 2.05) is 16.9 Å². The molecular formula is C17H19N7. The van der Waals surface area contributed by atoms with E-state index in [9.17, 15) is 0 Å². The SMILES string of the molecule is c1ccc(N2CCc3nc(NCCCn4cncn4)ncc32)cc1. The highest BCUT2D eigenvalue weighted by Gasteiger charge is 2.22. The zero-order valence-corrected chi connectivity index (χ0v) is 13.3. The zero-order chi connectivity index (χ0) is 16.2. The van der Waals surface area contributed by atoms with Crippen LogP contribution in [-0.4, -0.2) is 37.8 Å². The van der Waals surface area contributed by atoms with Crippen LogP contribution in [0, 0.1) is 0 Å². The Hall–Kier alpha value is -2.96. The van der Waals surface area contributed by atoms with Gasteiger partial charge in [0.2, 0.25) is 5.95 Å². The van der Waals surface area contributed by atoms with Crippen molar-refractivity contribution in [3.8, 4) is 0 Å². The fourth-order valence-electron chi connectivity index (χ4n) is 2.91. The van der Waals surface area contributed by atoms with Gasteiger partial charge in [-0.15, -0.1) is 0 Å². The van der Waals surface area contributed by atoms with E-state index in [-0.39, 0.29) is 0 Å². The van der Waals surface area contributed by atoms with Crippen LogP contribution in [0.25, 0.3) is 0 Å². The Kier molecular flexibility index (Phi) is 4.05. The van der Waals surface area contributed by atoms with Gasteiger partial charge in [-0.05, 0) is 18.6 Å². The fourth-order valence-corrected chi connectivity index (χ4v) is 2.91. The summed E-state index contributed by atoms with van der Waals surface area (Å²) in [6.07, 6.45) is 7.09. The predicted molar refractivity (Wildman–Crippen MR) is 92.3 cm³/mol. The molecule has 0 saturated heterocycles. The minimum atomic E-state index is 0.697. The van der Waals surface area contributed by atoms with Gasteiger partial charge in [0.25, 0.3) is 0 Å². The van der Waals surface area contributed by atoms with Crippen molar-refractivity contribution in [1.82, 2.24) is 24.7 Å². The Morgan fingerprint density at radius 2 is 2.08 bits per heavy atom. The molecule has 3 aromatic rings. The summed E-state index contributed by atoms with van der Waals surface area (Å²) in [6, 6.07) is 10.4. The molecule has 0 atom stereocenters. The molecule has 0 unspecified atom stereocenters. The van der Waals surface area contributed by atoms with Crippen molar-refractivity contribution in [2.24, 2.45) is 0 Å². The highest BCUT2D eigenvalue weighted by molar-refractivity contribution is 5.68. The molecular weight excluding hydrogens is 302 g/mol. The molecule has 0 aliphatic carbocycles. The van der Waals surface area contributed by atoms with Gasteiger partial charge in [-0.25, -0.2) is 15.0 Å². The lowest BCUT2D eigenvalue weighted by Crippen LogP contribution is -2.13. The van der Waals surface area contributed by atoms with Gasteiger partial charge in [0.15, 0.2) is 0 Å². The molecule has 1 N–H and O–H groups in total. The average molecular weight is 321 g/mol. The molecule has 122 valence electrons. The maximum Gasteiger partial charge on any atom is 0.222 e. The fraction of sp³-hybridized carbons (Fsp3) is 0.294. The van der Waals surface area contributed by atoms with Gasteiger partial charge < -0.3 is 10.2 Å². The van der Waals surface area contributed by atoms with E-state index < -0.39 is 0 Å².